The maximum Gasteiger partial charge on any atom is 0.513 e. The molecule has 0 aliphatic rings. The topological polar surface area (TPSA) is 71.1 Å². The second kappa shape index (κ2) is 7.74. The van der Waals surface area contributed by atoms with Crippen LogP contribution in [0.4, 0.5) is 9.59 Å². The molecule has 0 radical (unpaired) electrons. The molecule has 6 nitrogen and oxygen atoms in total. The van der Waals surface area contributed by atoms with Gasteiger partial charge in [-0.25, -0.2) is 9.59 Å². The van der Waals surface area contributed by atoms with Crippen LogP contribution in [0.3, 0.4) is 0 Å². The molecule has 3 aromatic carbocycles. The summed E-state index contributed by atoms with van der Waals surface area (Å²) in [6.07, 6.45) is -1.75. The third-order valence-corrected chi connectivity index (χ3v) is 3.73. The first kappa shape index (κ1) is 17.5. The third kappa shape index (κ3) is 3.39. The molecule has 0 aromatic heterocycles. The molecule has 0 unspecified atom stereocenters. The molecule has 3 aromatic rings. The zero-order valence-corrected chi connectivity index (χ0v) is 14.5. The Morgan fingerprint density at radius 1 is 0.654 bits per heavy atom. The number of hydrogen-bond acceptors (Lipinski definition) is 6. The fourth-order valence-electron chi connectivity index (χ4n) is 2.74. The summed E-state index contributed by atoms with van der Waals surface area (Å²) in [5.74, 6) is 0.233. The number of hydrogen-bond donors (Lipinski definition) is 0. The van der Waals surface area contributed by atoms with E-state index in [0.717, 1.165) is 10.8 Å². The van der Waals surface area contributed by atoms with Crippen molar-refractivity contribution in [2.45, 2.75) is 13.8 Å². The summed E-state index contributed by atoms with van der Waals surface area (Å²) < 4.78 is 20.5. The second-order valence-corrected chi connectivity index (χ2v) is 5.32. The molecule has 0 bridgehead atoms. The van der Waals surface area contributed by atoms with Gasteiger partial charge in [-0.3, -0.25) is 0 Å². The first-order valence-electron chi connectivity index (χ1n) is 8.28. The van der Waals surface area contributed by atoms with Crippen LogP contribution in [-0.4, -0.2) is 25.5 Å². The van der Waals surface area contributed by atoms with E-state index in [9.17, 15) is 9.59 Å². The first-order chi connectivity index (χ1) is 12.7. The summed E-state index contributed by atoms with van der Waals surface area (Å²) in [5, 5.41) is 2.97. The number of ether oxygens (including phenoxy) is 4. The number of carbonyl (C=O) groups is 2. The fourth-order valence-corrected chi connectivity index (χ4v) is 2.74. The van der Waals surface area contributed by atoms with Crippen LogP contribution in [0.15, 0.2) is 48.5 Å². The molecule has 6 heteroatoms. The van der Waals surface area contributed by atoms with Gasteiger partial charge in [0.1, 0.15) is 0 Å². The standard InChI is InChI=1S/C20H18O6/c1-3-23-19(21)25-17-15-11-7-5-9-13(15)14-10-6-8-12-16(14)18(17)26-20(22)24-4-2/h5-12H,3-4H2,1-2H3. The Morgan fingerprint density at radius 2 is 1.00 bits per heavy atom. The summed E-state index contributed by atoms with van der Waals surface area (Å²) >= 11 is 0. The molecular formula is C20H18O6. The third-order valence-electron chi connectivity index (χ3n) is 3.73. The Kier molecular flexibility index (Phi) is 5.22. The zero-order chi connectivity index (χ0) is 18.5. The number of benzene rings is 3. The van der Waals surface area contributed by atoms with E-state index >= 15 is 0 Å². The molecule has 0 saturated carbocycles. The number of rotatable bonds is 4. The molecule has 0 fully saturated rings. The van der Waals surface area contributed by atoms with Crippen LogP contribution in [0.2, 0.25) is 0 Å². The normalized spacial score (nSPS) is 10.5. The highest BCUT2D eigenvalue weighted by Gasteiger charge is 2.22. The molecule has 0 saturated heterocycles. The van der Waals surface area contributed by atoms with Crippen LogP contribution in [-0.2, 0) is 9.47 Å². The van der Waals surface area contributed by atoms with Gasteiger partial charge in [-0.1, -0.05) is 48.5 Å². The summed E-state index contributed by atoms with van der Waals surface area (Å²) in [4.78, 5) is 23.9. The minimum absolute atomic E-state index is 0.116. The van der Waals surface area contributed by atoms with Crippen LogP contribution in [0.5, 0.6) is 11.5 Å². The maximum atomic E-state index is 11.9. The highest BCUT2D eigenvalue weighted by atomic mass is 16.7. The fraction of sp³-hybridized carbons (Fsp3) is 0.200. The largest absolute Gasteiger partial charge is 0.513 e. The first-order valence-corrected chi connectivity index (χ1v) is 8.28. The molecule has 0 heterocycles. The second-order valence-electron chi connectivity index (χ2n) is 5.32. The lowest BCUT2D eigenvalue weighted by Gasteiger charge is -2.16. The van der Waals surface area contributed by atoms with Crippen molar-refractivity contribution in [3.8, 4) is 11.5 Å². The van der Waals surface area contributed by atoms with Gasteiger partial charge < -0.3 is 18.9 Å². The van der Waals surface area contributed by atoms with Gasteiger partial charge in [-0.2, -0.15) is 0 Å². The monoisotopic (exact) mass is 354 g/mol. The molecule has 0 N–H and O–H groups in total. The Morgan fingerprint density at radius 3 is 1.35 bits per heavy atom. The van der Waals surface area contributed by atoms with Gasteiger partial charge in [-0.05, 0) is 24.6 Å². The minimum atomic E-state index is -0.873. The van der Waals surface area contributed by atoms with Gasteiger partial charge in [0.05, 0.1) is 13.2 Å². The Bertz CT molecular complexity index is 884. The van der Waals surface area contributed by atoms with Gasteiger partial charge in [0.25, 0.3) is 0 Å². The summed E-state index contributed by atoms with van der Waals surface area (Å²) in [5.41, 5.74) is 0. The quantitative estimate of drug-likeness (QED) is 0.370. The summed E-state index contributed by atoms with van der Waals surface area (Å²) in [6.45, 7) is 3.68. The van der Waals surface area contributed by atoms with E-state index in [1.54, 1.807) is 26.0 Å². The van der Waals surface area contributed by atoms with Crippen LogP contribution in [0.1, 0.15) is 13.8 Å². The predicted octanol–water partition coefficient (Wildman–Crippen LogP) is 5.06. The van der Waals surface area contributed by atoms with Crippen LogP contribution >= 0.6 is 0 Å². The molecule has 3 rings (SSSR count). The zero-order valence-electron chi connectivity index (χ0n) is 14.5. The van der Waals surface area contributed by atoms with Crippen molar-refractivity contribution < 1.29 is 28.5 Å². The number of fused-ring (bicyclic) bond motifs is 3. The minimum Gasteiger partial charge on any atom is -0.434 e. The van der Waals surface area contributed by atoms with Crippen molar-refractivity contribution in [3.05, 3.63) is 48.5 Å². The van der Waals surface area contributed by atoms with Crippen LogP contribution in [0, 0.1) is 0 Å². The average molecular weight is 354 g/mol. The summed E-state index contributed by atoms with van der Waals surface area (Å²) in [6, 6.07) is 14.8. The SMILES string of the molecule is CCOC(=O)Oc1c(OC(=O)OCC)c2ccccc2c2ccccc12. The maximum absolute atomic E-state index is 11.9. The summed E-state index contributed by atoms with van der Waals surface area (Å²) in [7, 11) is 0. The Balaban J connectivity index is 2.27. The van der Waals surface area contributed by atoms with Crippen molar-refractivity contribution >= 4 is 33.9 Å². The van der Waals surface area contributed by atoms with E-state index < -0.39 is 12.3 Å². The number of carbonyl (C=O) groups excluding carboxylic acids is 2. The van der Waals surface area contributed by atoms with E-state index in [4.69, 9.17) is 18.9 Å². The van der Waals surface area contributed by atoms with Gasteiger partial charge in [0.15, 0.2) is 11.5 Å². The molecule has 0 amide bonds. The van der Waals surface area contributed by atoms with Crippen molar-refractivity contribution in [2.24, 2.45) is 0 Å². The molecule has 0 spiro atoms. The van der Waals surface area contributed by atoms with Gasteiger partial charge >= 0.3 is 12.3 Å². The molecule has 26 heavy (non-hydrogen) atoms. The van der Waals surface area contributed by atoms with E-state index in [-0.39, 0.29) is 24.7 Å². The van der Waals surface area contributed by atoms with Crippen molar-refractivity contribution in [1.82, 2.24) is 0 Å². The molecular weight excluding hydrogens is 336 g/mol. The van der Waals surface area contributed by atoms with E-state index in [0.29, 0.717) is 10.8 Å². The van der Waals surface area contributed by atoms with Crippen LogP contribution < -0.4 is 9.47 Å². The molecule has 0 aliphatic heterocycles. The van der Waals surface area contributed by atoms with Crippen molar-refractivity contribution in [2.75, 3.05) is 13.2 Å². The lowest BCUT2D eigenvalue weighted by atomic mass is 10.00. The van der Waals surface area contributed by atoms with Gasteiger partial charge in [-0.15, -0.1) is 0 Å². The average Bonchev–Trinajstić information content (AvgIpc) is 2.65. The predicted molar refractivity (Wildman–Crippen MR) is 96.8 cm³/mol. The highest BCUT2D eigenvalue weighted by molar-refractivity contribution is 6.14. The van der Waals surface area contributed by atoms with Gasteiger partial charge in [0, 0.05) is 10.8 Å². The lowest BCUT2D eigenvalue weighted by molar-refractivity contribution is 0.0949. The smallest absolute Gasteiger partial charge is 0.434 e. The molecule has 0 atom stereocenters. The van der Waals surface area contributed by atoms with E-state index in [1.165, 1.54) is 0 Å². The van der Waals surface area contributed by atoms with Crippen molar-refractivity contribution in [3.63, 3.8) is 0 Å². The van der Waals surface area contributed by atoms with Crippen molar-refractivity contribution in [1.29, 1.82) is 0 Å². The van der Waals surface area contributed by atoms with E-state index in [2.05, 4.69) is 0 Å². The van der Waals surface area contributed by atoms with Crippen LogP contribution in [0.25, 0.3) is 21.5 Å². The molecule has 0 aliphatic carbocycles. The Labute approximate surface area is 150 Å². The van der Waals surface area contributed by atoms with Gasteiger partial charge in [0.2, 0.25) is 0 Å². The van der Waals surface area contributed by atoms with E-state index in [1.807, 2.05) is 36.4 Å². The lowest BCUT2D eigenvalue weighted by Crippen LogP contribution is -2.14. The highest BCUT2D eigenvalue weighted by Crippen LogP contribution is 2.43. The Hall–Kier alpha value is -3.28. The molecule has 134 valence electrons.